The molecular weight excluding hydrogens is 433 g/mol. The molecule has 1 N–H and O–H groups in total. The second-order valence-corrected chi connectivity index (χ2v) is 6.95. The number of ether oxygens (including phenoxy) is 1. The molecule has 1 aromatic heterocycles. The van der Waals surface area contributed by atoms with Crippen molar-refractivity contribution < 1.29 is 13.9 Å². The Balaban J connectivity index is 1.69. The van der Waals surface area contributed by atoms with E-state index in [1.807, 2.05) is 38.1 Å². The van der Waals surface area contributed by atoms with Crippen molar-refractivity contribution in [2.45, 2.75) is 13.8 Å². The Labute approximate surface area is 158 Å². The van der Waals surface area contributed by atoms with Crippen LogP contribution in [0.3, 0.4) is 0 Å². The third-order valence-electron chi connectivity index (χ3n) is 3.76. The Hall–Kier alpha value is -2.35. The Morgan fingerprint density at radius 2 is 1.92 bits per heavy atom. The second kappa shape index (κ2) is 7.26. The van der Waals surface area contributed by atoms with Crippen LogP contribution >= 0.6 is 22.6 Å². The van der Waals surface area contributed by atoms with Crippen molar-refractivity contribution in [2.24, 2.45) is 0 Å². The normalized spacial score (nSPS) is 10.7. The lowest BCUT2D eigenvalue weighted by molar-refractivity contribution is -0.118. The molecule has 0 unspecified atom stereocenters. The number of halogens is 1. The van der Waals surface area contributed by atoms with Gasteiger partial charge in [0.15, 0.2) is 6.61 Å². The minimum Gasteiger partial charge on any atom is -0.484 e. The van der Waals surface area contributed by atoms with Crippen molar-refractivity contribution in [2.75, 3.05) is 11.9 Å². The molecule has 128 valence electrons. The highest BCUT2D eigenvalue weighted by molar-refractivity contribution is 14.1. The number of benzene rings is 2. The molecule has 0 saturated heterocycles. The van der Waals surface area contributed by atoms with Crippen LogP contribution in [0, 0.1) is 17.4 Å². The maximum atomic E-state index is 12.1. The molecule has 3 aromatic rings. The topological polar surface area (TPSA) is 68.5 Å². The highest BCUT2D eigenvalue weighted by Gasteiger charge is 2.08. The van der Waals surface area contributed by atoms with E-state index in [1.165, 1.54) is 6.07 Å². The number of hydrogen-bond acceptors (Lipinski definition) is 4. The van der Waals surface area contributed by atoms with E-state index in [4.69, 9.17) is 9.15 Å². The van der Waals surface area contributed by atoms with Gasteiger partial charge in [-0.3, -0.25) is 4.79 Å². The molecule has 0 atom stereocenters. The first-order chi connectivity index (χ1) is 11.9. The first-order valence-electron chi connectivity index (χ1n) is 7.66. The molecule has 0 saturated carbocycles. The highest BCUT2D eigenvalue weighted by atomic mass is 127. The van der Waals surface area contributed by atoms with Crippen LogP contribution in [0.2, 0.25) is 0 Å². The van der Waals surface area contributed by atoms with E-state index in [9.17, 15) is 9.59 Å². The summed E-state index contributed by atoms with van der Waals surface area (Å²) in [6, 6.07) is 12.4. The van der Waals surface area contributed by atoms with Crippen molar-refractivity contribution in [1.29, 1.82) is 0 Å². The highest BCUT2D eigenvalue weighted by Crippen LogP contribution is 2.22. The van der Waals surface area contributed by atoms with Gasteiger partial charge in [0.2, 0.25) is 0 Å². The first-order valence-corrected chi connectivity index (χ1v) is 8.73. The lowest BCUT2D eigenvalue weighted by atomic mass is 10.1. The number of carbonyl (C=O) groups excluding carboxylic acids is 1. The molecule has 2 aromatic carbocycles. The predicted molar refractivity (Wildman–Crippen MR) is 105 cm³/mol. The van der Waals surface area contributed by atoms with Crippen LogP contribution in [0.5, 0.6) is 5.75 Å². The van der Waals surface area contributed by atoms with Gasteiger partial charge >= 0.3 is 5.63 Å². The summed E-state index contributed by atoms with van der Waals surface area (Å²) in [5, 5.41) is 3.66. The summed E-state index contributed by atoms with van der Waals surface area (Å²) >= 11 is 2.22. The summed E-state index contributed by atoms with van der Waals surface area (Å²) in [6.07, 6.45) is 0. The van der Waals surface area contributed by atoms with E-state index in [2.05, 4.69) is 27.9 Å². The minimum atomic E-state index is -0.408. The van der Waals surface area contributed by atoms with Gasteiger partial charge in [-0.25, -0.2) is 4.79 Å². The van der Waals surface area contributed by atoms with E-state index in [0.29, 0.717) is 11.3 Å². The van der Waals surface area contributed by atoms with Gasteiger partial charge in [-0.05, 0) is 77.9 Å². The Morgan fingerprint density at radius 3 is 2.68 bits per heavy atom. The van der Waals surface area contributed by atoms with Gasteiger partial charge in [-0.1, -0.05) is 0 Å². The number of fused-ring (bicyclic) bond motifs is 1. The molecule has 0 fully saturated rings. The van der Waals surface area contributed by atoms with Crippen LogP contribution < -0.4 is 15.7 Å². The average molecular weight is 449 g/mol. The monoisotopic (exact) mass is 449 g/mol. The van der Waals surface area contributed by atoms with Gasteiger partial charge < -0.3 is 14.5 Å². The Bertz CT molecular complexity index is 1010. The van der Waals surface area contributed by atoms with E-state index in [1.54, 1.807) is 12.1 Å². The average Bonchev–Trinajstić information content (AvgIpc) is 2.55. The summed E-state index contributed by atoms with van der Waals surface area (Å²) in [4.78, 5) is 23.6. The van der Waals surface area contributed by atoms with Gasteiger partial charge in [-0.15, -0.1) is 0 Å². The number of nitrogens with one attached hydrogen (secondary N) is 1. The molecule has 5 nitrogen and oxygen atoms in total. The number of rotatable bonds is 4. The summed E-state index contributed by atoms with van der Waals surface area (Å²) in [7, 11) is 0. The summed E-state index contributed by atoms with van der Waals surface area (Å²) in [6.45, 7) is 3.65. The van der Waals surface area contributed by atoms with Gasteiger partial charge in [0, 0.05) is 26.8 Å². The lowest BCUT2D eigenvalue weighted by Crippen LogP contribution is -2.20. The van der Waals surface area contributed by atoms with Gasteiger partial charge in [-0.2, -0.15) is 0 Å². The Morgan fingerprint density at radius 1 is 1.12 bits per heavy atom. The van der Waals surface area contributed by atoms with Crippen molar-refractivity contribution in [3.05, 3.63) is 67.6 Å². The van der Waals surface area contributed by atoms with E-state index in [0.717, 1.165) is 25.8 Å². The van der Waals surface area contributed by atoms with E-state index >= 15 is 0 Å². The van der Waals surface area contributed by atoms with Crippen LogP contribution in [0.15, 0.2) is 51.7 Å². The predicted octanol–water partition coefficient (Wildman–Crippen LogP) is 4.03. The third kappa shape index (κ3) is 4.19. The molecule has 0 radical (unpaired) electrons. The van der Waals surface area contributed by atoms with Crippen LogP contribution in [0.25, 0.3) is 11.0 Å². The summed E-state index contributed by atoms with van der Waals surface area (Å²) < 4.78 is 11.8. The van der Waals surface area contributed by atoms with Crippen LogP contribution in [-0.4, -0.2) is 12.5 Å². The summed E-state index contributed by atoms with van der Waals surface area (Å²) in [5.41, 5.74) is 2.62. The zero-order valence-corrected chi connectivity index (χ0v) is 15.9. The first kappa shape index (κ1) is 17.5. The molecule has 0 aliphatic rings. The van der Waals surface area contributed by atoms with E-state index in [-0.39, 0.29) is 12.5 Å². The van der Waals surface area contributed by atoms with Crippen molar-refractivity contribution >= 4 is 45.2 Å². The minimum absolute atomic E-state index is 0.132. The van der Waals surface area contributed by atoms with Gasteiger partial charge in [0.05, 0.1) is 0 Å². The number of hydrogen-bond donors (Lipinski definition) is 1. The molecule has 6 heteroatoms. The quantitative estimate of drug-likeness (QED) is 0.483. The standard InChI is InChI=1S/C19H16INO4/c1-11-8-19(23)25-17-9-14(4-5-15(11)17)24-10-18(22)21-16-6-3-13(20)7-12(16)2/h3-9H,10H2,1-2H3,(H,21,22). The third-order valence-corrected chi connectivity index (χ3v) is 4.43. The zero-order chi connectivity index (χ0) is 18.0. The fraction of sp³-hybridized carbons (Fsp3) is 0.158. The molecule has 0 aliphatic carbocycles. The SMILES string of the molecule is Cc1cc(I)ccc1NC(=O)COc1ccc2c(C)cc(=O)oc2c1. The molecule has 1 amide bonds. The maximum absolute atomic E-state index is 12.1. The molecule has 0 spiro atoms. The number of anilines is 1. The molecular formula is C19H16INO4. The molecule has 0 aliphatic heterocycles. The van der Waals surface area contributed by atoms with Gasteiger partial charge in [0.25, 0.3) is 5.91 Å². The van der Waals surface area contributed by atoms with Gasteiger partial charge in [0.1, 0.15) is 11.3 Å². The fourth-order valence-electron chi connectivity index (χ4n) is 2.50. The van der Waals surface area contributed by atoms with Crippen molar-refractivity contribution in [1.82, 2.24) is 0 Å². The zero-order valence-electron chi connectivity index (χ0n) is 13.8. The fourth-order valence-corrected chi connectivity index (χ4v) is 3.14. The number of amides is 1. The number of carbonyl (C=O) groups is 1. The van der Waals surface area contributed by atoms with Crippen molar-refractivity contribution in [3.8, 4) is 5.75 Å². The Kier molecular flexibility index (Phi) is 5.08. The lowest BCUT2D eigenvalue weighted by Gasteiger charge is -2.10. The largest absolute Gasteiger partial charge is 0.484 e. The smallest absolute Gasteiger partial charge is 0.336 e. The maximum Gasteiger partial charge on any atom is 0.336 e. The van der Waals surface area contributed by atoms with Crippen molar-refractivity contribution in [3.63, 3.8) is 0 Å². The van der Waals surface area contributed by atoms with E-state index < -0.39 is 5.63 Å². The van der Waals surface area contributed by atoms with Crippen LogP contribution in [0.4, 0.5) is 5.69 Å². The summed E-state index contributed by atoms with van der Waals surface area (Å²) in [5.74, 6) is 0.214. The van der Waals surface area contributed by atoms with Crippen LogP contribution in [0.1, 0.15) is 11.1 Å². The van der Waals surface area contributed by atoms with Crippen LogP contribution in [-0.2, 0) is 4.79 Å². The molecule has 3 rings (SSSR count). The number of aryl methyl sites for hydroxylation is 2. The molecule has 25 heavy (non-hydrogen) atoms. The second-order valence-electron chi connectivity index (χ2n) is 5.70. The molecule has 1 heterocycles. The molecule has 0 bridgehead atoms.